The van der Waals surface area contributed by atoms with E-state index < -0.39 is 0 Å². The van der Waals surface area contributed by atoms with Crippen LogP contribution in [0.3, 0.4) is 0 Å². The molecule has 6 nitrogen and oxygen atoms in total. The van der Waals surface area contributed by atoms with Gasteiger partial charge in [0.1, 0.15) is 5.69 Å². The summed E-state index contributed by atoms with van der Waals surface area (Å²) in [4.78, 5) is 20.1. The predicted octanol–water partition coefficient (Wildman–Crippen LogP) is 1.32. The van der Waals surface area contributed by atoms with Crippen LogP contribution in [0, 0.1) is 11.8 Å². The van der Waals surface area contributed by atoms with E-state index >= 15 is 0 Å². The fourth-order valence-corrected chi connectivity index (χ4v) is 2.64. The van der Waals surface area contributed by atoms with E-state index in [4.69, 9.17) is 5.84 Å². The summed E-state index contributed by atoms with van der Waals surface area (Å²) in [6, 6.07) is 0.234. The second kappa shape index (κ2) is 5.97. The summed E-state index contributed by atoms with van der Waals surface area (Å²) in [5.74, 6) is 6.73. The fraction of sp³-hybridized carbons (Fsp3) is 0.615. The van der Waals surface area contributed by atoms with E-state index in [0.717, 1.165) is 25.2 Å². The van der Waals surface area contributed by atoms with E-state index in [1.807, 2.05) is 0 Å². The molecule has 0 bridgehead atoms. The van der Waals surface area contributed by atoms with Crippen molar-refractivity contribution in [1.29, 1.82) is 0 Å². The van der Waals surface area contributed by atoms with Gasteiger partial charge in [-0.3, -0.25) is 4.79 Å². The van der Waals surface area contributed by atoms with Crippen molar-refractivity contribution < 1.29 is 4.79 Å². The first-order valence-electron chi connectivity index (χ1n) is 6.69. The molecular weight excluding hydrogens is 242 g/mol. The first-order chi connectivity index (χ1) is 9.10. The summed E-state index contributed by atoms with van der Waals surface area (Å²) in [6.07, 6.45) is 6.23. The Morgan fingerprint density at radius 1 is 1.32 bits per heavy atom. The normalized spacial score (nSPS) is 26.8. The molecule has 1 aliphatic carbocycles. The van der Waals surface area contributed by atoms with Crippen LogP contribution in [0.5, 0.6) is 0 Å². The van der Waals surface area contributed by atoms with Crippen molar-refractivity contribution in [3.05, 3.63) is 18.1 Å². The Morgan fingerprint density at radius 3 is 2.68 bits per heavy atom. The van der Waals surface area contributed by atoms with Crippen LogP contribution < -0.4 is 16.6 Å². The number of nitrogens with zero attached hydrogens (tertiary/aromatic N) is 2. The predicted molar refractivity (Wildman–Crippen MR) is 73.3 cm³/mol. The number of nitrogens with one attached hydrogen (secondary N) is 2. The van der Waals surface area contributed by atoms with Crippen molar-refractivity contribution in [3.8, 4) is 0 Å². The molecule has 4 N–H and O–H groups in total. The van der Waals surface area contributed by atoms with E-state index in [2.05, 4.69) is 34.6 Å². The number of hydrazine groups is 1. The molecule has 2 rings (SSSR count). The molecule has 0 saturated heterocycles. The summed E-state index contributed by atoms with van der Waals surface area (Å²) in [7, 11) is 0. The quantitative estimate of drug-likeness (QED) is 0.565. The summed E-state index contributed by atoms with van der Waals surface area (Å²) >= 11 is 0. The minimum atomic E-state index is -0.164. The van der Waals surface area contributed by atoms with Gasteiger partial charge in [0.2, 0.25) is 0 Å². The number of anilines is 1. The highest BCUT2D eigenvalue weighted by Crippen LogP contribution is 2.28. The monoisotopic (exact) mass is 263 g/mol. The molecule has 6 heteroatoms. The van der Waals surface area contributed by atoms with Gasteiger partial charge in [-0.15, -0.1) is 0 Å². The van der Waals surface area contributed by atoms with Crippen molar-refractivity contribution in [2.45, 2.75) is 39.2 Å². The number of nitrogens with two attached hydrogens (primary N) is 1. The Balaban J connectivity index is 1.96. The summed E-state index contributed by atoms with van der Waals surface area (Å²) in [6.45, 7) is 4.45. The van der Waals surface area contributed by atoms with Crippen molar-refractivity contribution in [2.75, 3.05) is 5.43 Å². The highest BCUT2D eigenvalue weighted by molar-refractivity contribution is 5.92. The molecule has 1 aliphatic rings. The zero-order chi connectivity index (χ0) is 13.8. The van der Waals surface area contributed by atoms with E-state index in [9.17, 15) is 4.79 Å². The summed E-state index contributed by atoms with van der Waals surface area (Å²) in [5.41, 5.74) is 2.70. The maximum atomic E-state index is 12.1. The van der Waals surface area contributed by atoms with Gasteiger partial charge in [-0.25, -0.2) is 15.8 Å². The van der Waals surface area contributed by atoms with Crippen LogP contribution in [-0.4, -0.2) is 21.9 Å². The van der Waals surface area contributed by atoms with Gasteiger partial charge < -0.3 is 10.7 Å². The number of carbonyl (C=O) groups is 1. The molecule has 1 heterocycles. The zero-order valence-corrected chi connectivity index (χ0v) is 11.4. The van der Waals surface area contributed by atoms with Gasteiger partial charge in [-0.2, -0.15) is 0 Å². The number of amides is 1. The van der Waals surface area contributed by atoms with Crippen LogP contribution >= 0.6 is 0 Å². The highest BCUT2D eigenvalue weighted by atomic mass is 16.1. The van der Waals surface area contributed by atoms with Gasteiger partial charge in [-0.1, -0.05) is 13.8 Å². The van der Waals surface area contributed by atoms with Gasteiger partial charge in [0.15, 0.2) is 5.82 Å². The Hall–Kier alpha value is -1.69. The van der Waals surface area contributed by atoms with Gasteiger partial charge in [0, 0.05) is 6.04 Å². The van der Waals surface area contributed by atoms with Crippen molar-refractivity contribution >= 4 is 11.7 Å². The van der Waals surface area contributed by atoms with Crippen molar-refractivity contribution in [1.82, 2.24) is 15.3 Å². The first kappa shape index (κ1) is 13.7. The van der Waals surface area contributed by atoms with Crippen LogP contribution in [0.15, 0.2) is 12.4 Å². The lowest BCUT2D eigenvalue weighted by Crippen LogP contribution is -2.42. The third-order valence-electron chi connectivity index (χ3n) is 3.78. The van der Waals surface area contributed by atoms with Gasteiger partial charge >= 0.3 is 0 Å². The summed E-state index contributed by atoms with van der Waals surface area (Å²) < 4.78 is 0. The van der Waals surface area contributed by atoms with E-state index in [0.29, 0.717) is 17.4 Å². The van der Waals surface area contributed by atoms with Crippen LogP contribution in [0.2, 0.25) is 0 Å². The number of hydrogen-bond donors (Lipinski definition) is 3. The van der Waals surface area contributed by atoms with E-state index in [1.54, 1.807) is 0 Å². The molecule has 3 unspecified atom stereocenters. The lowest BCUT2D eigenvalue weighted by molar-refractivity contribution is 0.0894. The molecule has 0 radical (unpaired) electrons. The third-order valence-corrected chi connectivity index (χ3v) is 3.78. The number of hydrogen-bond acceptors (Lipinski definition) is 5. The fourth-order valence-electron chi connectivity index (χ4n) is 2.64. The minimum Gasteiger partial charge on any atom is -0.348 e. The maximum Gasteiger partial charge on any atom is 0.271 e. The molecule has 19 heavy (non-hydrogen) atoms. The molecule has 1 aromatic rings. The molecule has 0 aliphatic heterocycles. The molecular formula is C13H21N5O. The number of aromatic nitrogens is 2. The second-order valence-electron chi connectivity index (χ2n) is 5.41. The van der Waals surface area contributed by atoms with Gasteiger partial charge in [-0.05, 0) is 31.1 Å². The molecule has 0 spiro atoms. The Labute approximate surface area is 113 Å². The zero-order valence-electron chi connectivity index (χ0n) is 11.4. The molecule has 1 aromatic heterocycles. The van der Waals surface area contributed by atoms with Crippen LogP contribution in [0.1, 0.15) is 43.6 Å². The van der Waals surface area contributed by atoms with Crippen molar-refractivity contribution in [2.24, 2.45) is 17.7 Å². The molecule has 3 atom stereocenters. The molecule has 1 fully saturated rings. The smallest absolute Gasteiger partial charge is 0.271 e. The van der Waals surface area contributed by atoms with Crippen LogP contribution in [0.4, 0.5) is 5.82 Å². The molecule has 1 amide bonds. The Kier molecular flexibility index (Phi) is 4.31. The van der Waals surface area contributed by atoms with Crippen LogP contribution in [-0.2, 0) is 0 Å². The number of nitrogen functional groups attached to an aromatic ring is 1. The van der Waals surface area contributed by atoms with E-state index in [-0.39, 0.29) is 11.9 Å². The molecule has 0 aromatic carbocycles. The molecule has 1 saturated carbocycles. The largest absolute Gasteiger partial charge is 0.348 e. The average molecular weight is 263 g/mol. The van der Waals surface area contributed by atoms with Crippen LogP contribution in [0.25, 0.3) is 0 Å². The number of rotatable bonds is 3. The lowest BCUT2D eigenvalue weighted by atomic mass is 9.80. The Bertz CT molecular complexity index is 433. The average Bonchev–Trinajstić information content (AvgIpc) is 2.42. The topological polar surface area (TPSA) is 92.9 Å². The lowest BCUT2D eigenvalue weighted by Gasteiger charge is -2.33. The maximum absolute atomic E-state index is 12.1. The standard InChI is InChI=1S/C13H21N5O/c1-8-3-4-10(9(2)5-8)17-13(19)11-6-16-12(18-14)7-15-11/h6-10H,3-5,14H2,1-2H3,(H,16,18)(H,17,19). The third kappa shape index (κ3) is 3.41. The highest BCUT2D eigenvalue weighted by Gasteiger charge is 2.27. The molecule has 104 valence electrons. The minimum absolute atomic E-state index is 0.164. The van der Waals surface area contributed by atoms with Gasteiger partial charge in [0.05, 0.1) is 12.4 Å². The number of carbonyl (C=O) groups excluding carboxylic acids is 1. The Morgan fingerprint density at radius 2 is 2.11 bits per heavy atom. The second-order valence-corrected chi connectivity index (χ2v) is 5.41. The SMILES string of the molecule is CC1CCC(NC(=O)c2cnc(NN)cn2)C(C)C1. The summed E-state index contributed by atoms with van der Waals surface area (Å²) in [5, 5.41) is 3.05. The van der Waals surface area contributed by atoms with E-state index in [1.165, 1.54) is 12.4 Å². The van der Waals surface area contributed by atoms with Gasteiger partial charge in [0.25, 0.3) is 5.91 Å². The van der Waals surface area contributed by atoms with Crippen molar-refractivity contribution in [3.63, 3.8) is 0 Å². The first-order valence-corrected chi connectivity index (χ1v) is 6.69.